The maximum atomic E-state index is 5.94. The molecule has 0 radical (unpaired) electrons. The Labute approximate surface area is 115 Å². The Bertz CT molecular complexity index is 572. The predicted octanol–water partition coefficient (Wildman–Crippen LogP) is 3.29. The number of aromatic nitrogens is 2. The molecule has 0 aliphatic heterocycles. The van der Waals surface area contributed by atoms with Crippen LogP contribution in [0.15, 0.2) is 24.4 Å². The fourth-order valence-corrected chi connectivity index (χ4v) is 1.84. The molecular weight excluding hydrogens is 271 g/mol. The SMILES string of the molecule is Cc1nccc(CNc2cc(Cl)c(Cl)cc2N)n1. The molecule has 1 aromatic heterocycles. The molecule has 0 aliphatic rings. The molecule has 0 spiro atoms. The molecule has 0 aliphatic carbocycles. The van der Waals surface area contributed by atoms with Crippen LogP contribution in [-0.4, -0.2) is 9.97 Å². The van der Waals surface area contributed by atoms with Gasteiger partial charge in [-0.2, -0.15) is 0 Å². The van der Waals surface area contributed by atoms with Crippen molar-refractivity contribution in [1.82, 2.24) is 9.97 Å². The number of hydrogen-bond acceptors (Lipinski definition) is 4. The Morgan fingerprint density at radius 1 is 1.28 bits per heavy atom. The summed E-state index contributed by atoms with van der Waals surface area (Å²) in [5, 5.41) is 4.07. The minimum Gasteiger partial charge on any atom is -0.397 e. The van der Waals surface area contributed by atoms with Crippen LogP contribution in [0.2, 0.25) is 10.0 Å². The van der Waals surface area contributed by atoms with Gasteiger partial charge in [-0.15, -0.1) is 0 Å². The third-order valence-corrected chi connectivity index (χ3v) is 3.11. The molecule has 18 heavy (non-hydrogen) atoms. The first kappa shape index (κ1) is 12.9. The molecular formula is C12H12Cl2N4. The number of aryl methyl sites for hydroxylation is 1. The minimum atomic E-state index is 0.442. The molecule has 1 aromatic carbocycles. The van der Waals surface area contributed by atoms with E-state index in [1.54, 1.807) is 18.3 Å². The van der Waals surface area contributed by atoms with Gasteiger partial charge in [0.1, 0.15) is 5.82 Å². The summed E-state index contributed by atoms with van der Waals surface area (Å²) in [6.07, 6.45) is 1.72. The number of hydrogen-bond donors (Lipinski definition) is 2. The van der Waals surface area contributed by atoms with Gasteiger partial charge in [-0.1, -0.05) is 23.2 Å². The van der Waals surface area contributed by atoms with Crippen molar-refractivity contribution in [3.8, 4) is 0 Å². The number of anilines is 2. The normalized spacial score (nSPS) is 10.4. The molecule has 0 amide bonds. The summed E-state index contributed by atoms with van der Waals surface area (Å²) in [4.78, 5) is 8.32. The Hall–Kier alpha value is -1.52. The van der Waals surface area contributed by atoms with Crippen LogP contribution in [-0.2, 0) is 6.54 Å². The highest BCUT2D eigenvalue weighted by molar-refractivity contribution is 6.42. The highest BCUT2D eigenvalue weighted by Crippen LogP contribution is 2.30. The number of nitrogens with two attached hydrogens (primary N) is 1. The Morgan fingerprint density at radius 2 is 2.00 bits per heavy atom. The van der Waals surface area contributed by atoms with Crippen LogP contribution in [0.3, 0.4) is 0 Å². The lowest BCUT2D eigenvalue weighted by molar-refractivity contribution is 0.956. The summed E-state index contributed by atoms with van der Waals surface area (Å²) in [6.45, 7) is 2.39. The first-order valence-electron chi connectivity index (χ1n) is 5.33. The first-order valence-corrected chi connectivity index (χ1v) is 6.09. The maximum Gasteiger partial charge on any atom is 0.125 e. The van der Waals surface area contributed by atoms with Crippen molar-refractivity contribution in [3.63, 3.8) is 0 Å². The van der Waals surface area contributed by atoms with Crippen LogP contribution in [0.1, 0.15) is 11.5 Å². The van der Waals surface area contributed by atoms with Gasteiger partial charge in [0.2, 0.25) is 0 Å². The van der Waals surface area contributed by atoms with E-state index in [4.69, 9.17) is 28.9 Å². The van der Waals surface area contributed by atoms with E-state index in [2.05, 4.69) is 15.3 Å². The second-order valence-electron chi connectivity index (χ2n) is 3.80. The lowest BCUT2D eigenvalue weighted by Gasteiger charge is -2.10. The van der Waals surface area contributed by atoms with Crippen LogP contribution in [0, 0.1) is 6.92 Å². The number of nitrogens with zero attached hydrogens (tertiary/aromatic N) is 2. The molecule has 94 valence electrons. The van der Waals surface area contributed by atoms with E-state index < -0.39 is 0 Å². The van der Waals surface area contributed by atoms with E-state index in [9.17, 15) is 0 Å². The van der Waals surface area contributed by atoms with Gasteiger partial charge in [-0.3, -0.25) is 0 Å². The number of nitrogens with one attached hydrogen (secondary N) is 1. The molecule has 0 fully saturated rings. The van der Waals surface area contributed by atoms with Crippen molar-refractivity contribution in [2.75, 3.05) is 11.1 Å². The fourth-order valence-electron chi connectivity index (χ4n) is 1.50. The first-order chi connectivity index (χ1) is 8.56. The van der Waals surface area contributed by atoms with Crippen LogP contribution in [0.4, 0.5) is 11.4 Å². The summed E-state index contributed by atoms with van der Waals surface area (Å²) in [5.74, 6) is 0.733. The number of halogens is 2. The standard InChI is InChI=1S/C12H12Cl2N4/c1-7-16-3-2-8(18-7)6-17-12-5-10(14)9(13)4-11(12)15/h2-5,17H,6,15H2,1H3. The summed E-state index contributed by atoms with van der Waals surface area (Å²) in [7, 11) is 0. The topological polar surface area (TPSA) is 63.8 Å². The molecule has 2 aromatic rings. The summed E-state index contributed by atoms with van der Waals surface area (Å²) >= 11 is 11.8. The number of nitrogen functional groups attached to an aromatic ring is 1. The zero-order valence-corrected chi connectivity index (χ0v) is 11.3. The zero-order valence-electron chi connectivity index (χ0n) is 9.74. The molecule has 0 saturated carbocycles. The van der Waals surface area contributed by atoms with Gasteiger partial charge >= 0.3 is 0 Å². The molecule has 0 atom stereocenters. The van der Waals surface area contributed by atoms with Gasteiger partial charge in [-0.05, 0) is 25.1 Å². The van der Waals surface area contributed by atoms with Gasteiger partial charge < -0.3 is 11.1 Å². The van der Waals surface area contributed by atoms with Crippen LogP contribution < -0.4 is 11.1 Å². The van der Waals surface area contributed by atoms with Crippen LogP contribution in [0.25, 0.3) is 0 Å². The zero-order chi connectivity index (χ0) is 13.1. The molecule has 2 rings (SSSR count). The van der Waals surface area contributed by atoms with Gasteiger partial charge in [0.25, 0.3) is 0 Å². The Kier molecular flexibility index (Phi) is 3.89. The lowest BCUT2D eigenvalue weighted by Crippen LogP contribution is -2.05. The fraction of sp³-hybridized carbons (Fsp3) is 0.167. The highest BCUT2D eigenvalue weighted by atomic mass is 35.5. The van der Waals surface area contributed by atoms with Crippen molar-refractivity contribution in [2.45, 2.75) is 13.5 Å². The van der Waals surface area contributed by atoms with E-state index in [1.165, 1.54) is 0 Å². The smallest absolute Gasteiger partial charge is 0.125 e. The molecule has 3 N–H and O–H groups in total. The van der Waals surface area contributed by atoms with Crippen LogP contribution in [0.5, 0.6) is 0 Å². The van der Waals surface area contributed by atoms with Crippen molar-refractivity contribution in [3.05, 3.63) is 46.0 Å². The van der Waals surface area contributed by atoms with E-state index >= 15 is 0 Å². The molecule has 4 nitrogen and oxygen atoms in total. The average Bonchev–Trinajstić information content (AvgIpc) is 2.32. The van der Waals surface area contributed by atoms with Gasteiger partial charge in [0.15, 0.2) is 0 Å². The second kappa shape index (κ2) is 5.42. The van der Waals surface area contributed by atoms with E-state index in [1.807, 2.05) is 13.0 Å². The quantitative estimate of drug-likeness (QED) is 0.848. The second-order valence-corrected chi connectivity index (χ2v) is 4.62. The third-order valence-electron chi connectivity index (χ3n) is 2.39. The van der Waals surface area contributed by atoms with Gasteiger partial charge in [0.05, 0.1) is 33.7 Å². The van der Waals surface area contributed by atoms with Crippen molar-refractivity contribution >= 4 is 34.6 Å². The Balaban J connectivity index is 2.13. The van der Waals surface area contributed by atoms with Gasteiger partial charge in [-0.25, -0.2) is 9.97 Å². The molecule has 0 unspecified atom stereocenters. The highest BCUT2D eigenvalue weighted by Gasteiger charge is 2.05. The molecule has 0 bridgehead atoms. The van der Waals surface area contributed by atoms with Gasteiger partial charge in [0, 0.05) is 6.20 Å². The molecule has 6 heteroatoms. The molecule has 1 heterocycles. The van der Waals surface area contributed by atoms with Crippen LogP contribution >= 0.6 is 23.2 Å². The predicted molar refractivity (Wildman–Crippen MR) is 75.0 cm³/mol. The van der Waals surface area contributed by atoms with Crippen molar-refractivity contribution in [2.24, 2.45) is 0 Å². The van der Waals surface area contributed by atoms with E-state index in [0.717, 1.165) is 17.2 Å². The third kappa shape index (κ3) is 3.03. The van der Waals surface area contributed by atoms with E-state index in [-0.39, 0.29) is 0 Å². The largest absolute Gasteiger partial charge is 0.397 e. The average molecular weight is 283 g/mol. The Morgan fingerprint density at radius 3 is 2.72 bits per heavy atom. The summed E-state index contributed by atoms with van der Waals surface area (Å²) in [6, 6.07) is 5.17. The monoisotopic (exact) mass is 282 g/mol. The number of benzene rings is 1. The summed E-state index contributed by atoms with van der Waals surface area (Å²) < 4.78 is 0. The lowest BCUT2D eigenvalue weighted by atomic mass is 10.2. The molecule has 0 saturated heterocycles. The minimum absolute atomic E-state index is 0.442. The summed E-state index contributed by atoms with van der Waals surface area (Å²) in [5.41, 5.74) is 8.02. The maximum absolute atomic E-state index is 5.94. The van der Waals surface area contributed by atoms with Crippen molar-refractivity contribution in [1.29, 1.82) is 0 Å². The van der Waals surface area contributed by atoms with E-state index in [0.29, 0.717) is 22.3 Å². The van der Waals surface area contributed by atoms with Crippen molar-refractivity contribution < 1.29 is 0 Å². The number of rotatable bonds is 3.